The lowest BCUT2D eigenvalue weighted by Crippen LogP contribution is -1.87. The van der Waals surface area contributed by atoms with Gasteiger partial charge in [0.05, 0.1) is 0 Å². The quantitative estimate of drug-likeness (QED) is 0.239. The van der Waals surface area contributed by atoms with Crippen LogP contribution in [0.25, 0.3) is 65.3 Å². The summed E-state index contributed by atoms with van der Waals surface area (Å²) in [4.78, 5) is 0. The summed E-state index contributed by atoms with van der Waals surface area (Å²) >= 11 is 0. The van der Waals surface area contributed by atoms with Crippen LogP contribution >= 0.6 is 0 Å². The third kappa shape index (κ3) is 2.93. The van der Waals surface area contributed by atoms with E-state index in [-0.39, 0.29) is 0 Å². The van der Waals surface area contributed by atoms with Gasteiger partial charge >= 0.3 is 0 Å². The van der Waals surface area contributed by atoms with Gasteiger partial charge in [-0.15, -0.1) is 0 Å². The predicted molar refractivity (Wildman–Crippen MR) is 147 cm³/mol. The molecule has 0 saturated carbocycles. The summed E-state index contributed by atoms with van der Waals surface area (Å²) in [6.07, 6.45) is 0. The molecule has 0 aliphatic rings. The minimum absolute atomic E-state index is 1.27. The lowest BCUT2D eigenvalue weighted by Gasteiger charge is -2.14. The maximum atomic E-state index is 2.40. The van der Waals surface area contributed by atoms with E-state index in [1.165, 1.54) is 65.3 Å². The summed E-state index contributed by atoms with van der Waals surface area (Å²) in [5.41, 5.74) is 5.13. The molecule has 7 aromatic carbocycles. The van der Waals surface area contributed by atoms with Crippen molar-refractivity contribution >= 4 is 43.1 Å². The normalized spacial score (nSPS) is 11.5. The Bertz CT molecular complexity index is 1710. The van der Waals surface area contributed by atoms with Crippen molar-refractivity contribution in [3.8, 4) is 22.3 Å². The molecular weight excluding hydrogens is 408 g/mol. The van der Waals surface area contributed by atoms with E-state index in [2.05, 4.69) is 133 Å². The van der Waals surface area contributed by atoms with Crippen molar-refractivity contribution in [3.05, 3.63) is 133 Å². The fourth-order valence-corrected chi connectivity index (χ4v) is 5.44. The van der Waals surface area contributed by atoms with Crippen LogP contribution in [-0.4, -0.2) is 0 Å². The predicted octanol–water partition coefficient (Wildman–Crippen LogP) is 9.63. The molecule has 0 aliphatic carbocycles. The SMILES string of the molecule is c1ccc2c(-c3cccc4cc5cccc(-c6cccc7ccccc67)c5cc34)cccc2c1. The molecule has 0 bridgehead atoms. The van der Waals surface area contributed by atoms with Crippen molar-refractivity contribution in [1.82, 2.24) is 0 Å². The van der Waals surface area contributed by atoms with E-state index in [9.17, 15) is 0 Å². The molecule has 0 radical (unpaired) electrons. The fraction of sp³-hybridized carbons (Fsp3) is 0. The summed E-state index contributed by atoms with van der Waals surface area (Å²) in [6.45, 7) is 0. The van der Waals surface area contributed by atoms with Crippen LogP contribution in [0.3, 0.4) is 0 Å². The largest absolute Gasteiger partial charge is 0.0616 e. The van der Waals surface area contributed by atoms with Crippen LogP contribution in [0.2, 0.25) is 0 Å². The second-order valence-corrected chi connectivity index (χ2v) is 8.96. The van der Waals surface area contributed by atoms with Crippen molar-refractivity contribution in [3.63, 3.8) is 0 Å². The van der Waals surface area contributed by atoms with E-state index in [1.54, 1.807) is 0 Å². The van der Waals surface area contributed by atoms with E-state index >= 15 is 0 Å². The molecule has 34 heavy (non-hydrogen) atoms. The van der Waals surface area contributed by atoms with Gasteiger partial charge in [0.25, 0.3) is 0 Å². The highest BCUT2D eigenvalue weighted by atomic mass is 14.2. The monoisotopic (exact) mass is 430 g/mol. The van der Waals surface area contributed by atoms with Gasteiger partial charge in [0.1, 0.15) is 0 Å². The van der Waals surface area contributed by atoms with E-state index in [4.69, 9.17) is 0 Å². The Kier molecular flexibility index (Phi) is 4.25. The van der Waals surface area contributed by atoms with Gasteiger partial charge in [0, 0.05) is 0 Å². The maximum Gasteiger partial charge on any atom is -0.00986 e. The van der Waals surface area contributed by atoms with Crippen LogP contribution in [0, 0.1) is 0 Å². The second kappa shape index (κ2) is 7.57. The van der Waals surface area contributed by atoms with Gasteiger partial charge in [-0.05, 0) is 77.5 Å². The molecule has 0 fully saturated rings. The van der Waals surface area contributed by atoms with Crippen molar-refractivity contribution in [2.45, 2.75) is 0 Å². The highest BCUT2D eigenvalue weighted by molar-refractivity contribution is 6.13. The van der Waals surface area contributed by atoms with Crippen molar-refractivity contribution < 1.29 is 0 Å². The molecule has 158 valence electrons. The van der Waals surface area contributed by atoms with E-state index < -0.39 is 0 Å². The van der Waals surface area contributed by atoms with Crippen LogP contribution in [0.5, 0.6) is 0 Å². The average Bonchev–Trinajstić information content (AvgIpc) is 2.91. The first kappa shape index (κ1) is 19.1. The summed E-state index contributed by atoms with van der Waals surface area (Å²) in [5, 5.41) is 10.3. The molecule has 0 nitrogen and oxygen atoms in total. The van der Waals surface area contributed by atoms with Crippen molar-refractivity contribution in [1.29, 1.82) is 0 Å². The Morgan fingerprint density at radius 1 is 0.235 bits per heavy atom. The molecule has 0 spiro atoms. The minimum atomic E-state index is 1.27. The molecule has 0 aliphatic heterocycles. The minimum Gasteiger partial charge on any atom is -0.0616 e. The molecule has 0 saturated heterocycles. The zero-order chi connectivity index (χ0) is 22.5. The molecule has 7 aromatic rings. The smallest absolute Gasteiger partial charge is 0.00986 e. The molecule has 0 atom stereocenters. The summed E-state index contributed by atoms with van der Waals surface area (Å²) in [5.74, 6) is 0. The topological polar surface area (TPSA) is 0 Å². The first-order valence-electron chi connectivity index (χ1n) is 11.8. The van der Waals surface area contributed by atoms with Gasteiger partial charge in [-0.3, -0.25) is 0 Å². The van der Waals surface area contributed by atoms with Crippen LogP contribution in [-0.2, 0) is 0 Å². The van der Waals surface area contributed by atoms with E-state index in [0.717, 1.165) is 0 Å². The summed E-state index contributed by atoms with van der Waals surface area (Å²) in [7, 11) is 0. The second-order valence-electron chi connectivity index (χ2n) is 8.96. The van der Waals surface area contributed by atoms with Crippen LogP contribution in [0.15, 0.2) is 133 Å². The highest BCUT2D eigenvalue weighted by Crippen LogP contribution is 2.39. The molecule has 0 aromatic heterocycles. The first-order valence-corrected chi connectivity index (χ1v) is 11.8. The number of hydrogen-bond donors (Lipinski definition) is 0. The van der Waals surface area contributed by atoms with E-state index in [1.807, 2.05) is 0 Å². The molecule has 0 amide bonds. The zero-order valence-electron chi connectivity index (χ0n) is 18.7. The van der Waals surface area contributed by atoms with Gasteiger partial charge < -0.3 is 0 Å². The third-order valence-electron chi connectivity index (χ3n) is 7.04. The Balaban J connectivity index is 1.56. The average molecular weight is 431 g/mol. The maximum absolute atomic E-state index is 2.40. The fourth-order valence-electron chi connectivity index (χ4n) is 5.44. The Morgan fingerprint density at radius 2 is 0.588 bits per heavy atom. The standard InChI is InChI=1S/C34H22/c1-3-15-27-23(9-1)11-5-17-29(27)31-19-7-13-25-21-26-14-8-20-32(34(26)22-33(25)31)30-18-6-12-24-10-2-4-16-28(24)30/h1-22H. The Labute approximate surface area is 198 Å². The van der Waals surface area contributed by atoms with Crippen molar-refractivity contribution in [2.24, 2.45) is 0 Å². The van der Waals surface area contributed by atoms with Gasteiger partial charge in [0.2, 0.25) is 0 Å². The van der Waals surface area contributed by atoms with Gasteiger partial charge in [-0.2, -0.15) is 0 Å². The van der Waals surface area contributed by atoms with E-state index in [0.29, 0.717) is 0 Å². The molecule has 0 N–H and O–H groups in total. The Morgan fingerprint density at radius 3 is 1.06 bits per heavy atom. The zero-order valence-corrected chi connectivity index (χ0v) is 18.7. The number of fused-ring (bicyclic) bond motifs is 4. The molecule has 0 heteroatoms. The number of benzene rings is 7. The summed E-state index contributed by atoms with van der Waals surface area (Å²) in [6, 6.07) is 48.6. The lowest BCUT2D eigenvalue weighted by molar-refractivity contribution is 1.68. The Hall–Kier alpha value is -4.42. The third-order valence-corrected chi connectivity index (χ3v) is 7.04. The lowest BCUT2D eigenvalue weighted by atomic mass is 9.89. The number of rotatable bonds is 2. The van der Waals surface area contributed by atoms with Crippen LogP contribution in [0.4, 0.5) is 0 Å². The van der Waals surface area contributed by atoms with Gasteiger partial charge in [-0.25, -0.2) is 0 Å². The molecule has 0 heterocycles. The van der Waals surface area contributed by atoms with Crippen LogP contribution < -0.4 is 0 Å². The molecule has 7 rings (SSSR count). The molecular formula is C34H22. The van der Waals surface area contributed by atoms with Crippen LogP contribution in [0.1, 0.15) is 0 Å². The molecule has 0 unspecified atom stereocenters. The highest BCUT2D eigenvalue weighted by Gasteiger charge is 2.12. The van der Waals surface area contributed by atoms with Crippen molar-refractivity contribution in [2.75, 3.05) is 0 Å². The van der Waals surface area contributed by atoms with Gasteiger partial charge in [0.15, 0.2) is 0 Å². The number of hydrogen-bond acceptors (Lipinski definition) is 0. The van der Waals surface area contributed by atoms with Gasteiger partial charge in [-0.1, -0.05) is 121 Å². The first-order chi connectivity index (χ1) is 16.9. The summed E-state index contributed by atoms with van der Waals surface area (Å²) < 4.78 is 0.